The molecule has 8 heteroatoms. The van der Waals surface area contributed by atoms with Crippen molar-refractivity contribution < 1.29 is 23.9 Å². The number of carbonyl (C=O) groups is 3. The Morgan fingerprint density at radius 3 is 2.39 bits per heavy atom. The largest absolute Gasteiger partial charge is 0.618 e. The van der Waals surface area contributed by atoms with Gasteiger partial charge in [0.25, 0.3) is 11.8 Å². The van der Waals surface area contributed by atoms with Crippen molar-refractivity contribution in [2.45, 2.75) is 0 Å². The highest BCUT2D eigenvalue weighted by molar-refractivity contribution is 5.95. The van der Waals surface area contributed by atoms with Gasteiger partial charge < -0.3 is 9.94 Å². The number of pyridine rings is 1. The first kappa shape index (κ1) is 16.0. The molecule has 2 rings (SSSR count). The minimum Gasteiger partial charge on any atom is -0.618 e. The molecule has 0 saturated heterocycles. The van der Waals surface area contributed by atoms with Gasteiger partial charge >= 0.3 is 11.7 Å². The van der Waals surface area contributed by atoms with Crippen LogP contribution >= 0.6 is 0 Å². The molecule has 118 valence electrons. The molecule has 8 nitrogen and oxygen atoms in total. The van der Waals surface area contributed by atoms with Crippen LogP contribution in [0.15, 0.2) is 54.7 Å². The lowest BCUT2D eigenvalue weighted by molar-refractivity contribution is -0.608. The average Bonchev–Trinajstić information content (AvgIpc) is 2.58. The van der Waals surface area contributed by atoms with E-state index in [1.807, 2.05) is 0 Å². The van der Waals surface area contributed by atoms with E-state index < -0.39 is 24.4 Å². The Morgan fingerprint density at radius 1 is 1.00 bits per heavy atom. The molecule has 1 aromatic heterocycles. The molecule has 0 bridgehead atoms. The zero-order valence-electron chi connectivity index (χ0n) is 11.9. The third kappa shape index (κ3) is 4.53. The monoisotopic (exact) mass is 315 g/mol. The minimum atomic E-state index is -0.940. The zero-order valence-corrected chi connectivity index (χ0v) is 11.9. The molecule has 0 radical (unpaired) electrons. The first-order valence-corrected chi connectivity index (χ1v) is 6.57. The van der Waals surface area contributed by atoms with Gasteiger partial charge in [-0.05, 0) is 18.2 Å². The summed E-state index contributed by atoms with van der Waals surface area (Å²) in [6.45, 7) is -0.636. The van der Waals surface area contributed by atoms with Gasteiger partial charge in [-0.2, -0.15) is 4.73 Å². The molecule has 0 unspecified atom stereocenters. The highest BCUT2D eigenvalue weighted by Crippen LogP contribution is 1.97. The van der Waals surface area contributed by atoms with E-state index in [0.717, 1.165) is 6.20 Å². The number of nitrogens with one attached hydrogen (secondary N) is 2. The standard InChI is InChI=1S/C15H13N3O5/c19-13(16-17-14(20)11-6-2-1-3-7-11)10-23-15(21)12-8-4-5-9-18(12)22/h1-9H,10H2,(H,16,19)(H,17,20). The summed E-state index contributed by atoms with van der Waals surface area (Å²) in [6, 6.07) is 12.5. The third-order valence-corrected chi connectivity index (χ3v) is 2.72. The van der Waals surface area contributed by atoms with E-state index in [-0.39, 0.29) is 5.69 Å². The molecule has 0 aliphatic rings. The maximum Gasteiger partial charge on any atom is 0.405 e. The molecular weight excluding hydrogens is 302 g/mol. The Kier molecular flexibility index (Phi) is 5.24. The van der Waals surface area contributed by atoms with Crippen LogP contribution in [0.4, 0.5) is 0 Å². The van der Waals surface area contributed by atoms with E-state index in [1.54, 1.807) is 30.3 Å². The molecule has 0 aliphatic carbocycles. The second kappa shape index (κ2) is 7.55. The molecule has 2 aromatic rings. The SMILES string of the molecule is O=C(COC(=O)c1cccc[n+]1[O-])NNC(=O)c1ccccc1. The number of amides is 2. The maximum absolute atomic E-state index is 11.7. The number of ether oxygens (including phenoxy) is 1. The highest BCUT2D eigenvalue weighted by Gasteiger charge is 2.18. The maximum atomic E-state index is 11.7. The summed E-state index contributed by atoms with van der Waals surface area (Å²) < 4.78 is 5.02. The summed E-state index contributed by atoms with van der Waals surface area (Å²) in [6.07, 6.45) is 1.14. The molecule has 0 saturated carbocycles. The summed E-state index contributed by atoms with van der Waals surface area (Å²) in [7, 11) is 0. The van der Waals surface area contributed by atoms with Gasteiger partial charge in [-0.3, -0.25) is 20.4 Å². The van der Waals surface area contributed by atoms with E-state index >= 15 is 0 Å². The van der Waals surface area contributed by atoms with Gasteiger partial charge in [0.2, 0.25) is 0 Å². The van der Waals surface area contributed by atoms with Gasteiger partial charge in [0.15, 0.2) is 12.8 Å². The molecule has 0 atom stereocenters. The van der Waals surface area contributed by atoms with Crippen LogP contribution in [-0.2, 0) is 9.53 Å². The molecular formula is C15H13N3O5. The summed E-state index contributed by atoms with van der Waals surface area (Å²) >= 11 is 0. The minimum absolute atomic E-state index is 0.242. The Balaban J connectivity index is 1.78. The van der Waals surface area contributed by atoms with Crippen LogP contribution < -0.4 is 15.6 Å². The first-order chi connectivity index (χ1) is 11.1. The second-order valence-corrected chi connectivity index (χ2v) is 4.36. The van der Waals surface area contributed by atoms with Crippen molar-refractivity contribution in [1.29, 1.82) is 0 Å². The van der Waals surface area contributed by atoms with Gasteiger partial charge in [0, 0.05) is 17.7 Å². The van der Waals surface area contributed by atoms with Crippen molar-refractivity contribution in [3.63, 3.8) is 0 Å². The van der Waals surface area contributed by atoms with Crippen molar-refractivity contribution in [3.05, 3.63) is 71.2 Å². The Morgan fingerprint density at radius 2 is 1.70 bits per heavy atom. The molecule has 23 heavy (non-hydrogen) atoms. The lowest BCUT2D eigenvalue weighted by Gasteiger charge is -2.08. The predicted octanol–water partition coefficient (Wildman–Crippen LogP) is -0.0620. The first-order valence-electron chi connectivity index (χ1n) is 6.57. The van der Waals surface area contributed by atoms with Crippen LogP contribution in [0.3, 0.4) is 0 Å². The lowest BCUT2D eigenvalue weighted by Crippen LogP contribution is -2.44. The molecule has 1 aromatic carbocycles. The van der Waals surface area contributed by atoms with Crippen molar-refractivity contribution >= 4 is 17.8 Å². The van der Waals surface area contributed by atoms with Crippen LogP contribution in [0.2, 0.25) is 0 Å². The van der Waals surface area contributed by atoms with Gasteiger partial charge in [-0.1, -0.05) is 18.2 Å². The van der Waals surface area contributed by atoms with Crippen LogP contribution in [0.5, 0.6) is 0 Å². The van der Waals surface area contributed by atoms with Gasteiger partial charge in [0.05, 0.1) is 0 Å². The highest BCUT2D eigenvalue weighted by atomic mass is 16.5. The number of hydrazine groups is 1. The molecule has 0 aliphatic heterocycles. The summed E-state index contributed by atoms with van der Waals surface area (Å²) in [4.78, 5) is 34.8. The number of aromatic nitrogens is 1. The van der Waals surface area contributed by atoms with Crippen molar-refractivity contribution in [2.24, 2.45) is 0 Å². The topological polar surface area (TPSA) is 111 Å². The zero-order chi connectivity index (χ0) is 16.7. The average molecular weight is 315 g/mol. The van der Waals surface area contributed by atoms with Crippen LogP contribution in [-0.4, -0.2) is 24.4 Å². The lowest BCUT2D eigenvalue weighted by atomic mass is 10.2. The number of carbonyl (C=O) groups excluding carboxylic acids is 3. The number of benzene rings is 1. The predicted molar refractivity (Wildman–Crippen MR) is 77.7 cm³/mol. The molecule has 2 amide bonds. The van der Waals surface area contributed by atoms with Gasteiger partial charge in [0.1, 0.15) is 0 Å². The Bertz CT molecular complexity index is 718. The Labute approximate surface area is 131 Å². The van der Waals surface area contributed by atoms with E-state index in [2.05, 4.69) is 15.6 Å². The van der Waals surface area contributed by atoms with E-state index in [1.165, 1.54) is 18.2 Å². The molecule has 2 N–H and O–H groups in total. The fraction of sp³-hybridized carbons (Fsp3) is 0.0667. The van der Waals surface area contributed by atoms with E-state index in [9.17, 15) is 19.6 Å². The Hall–Kier alpha value is -3.42. The van der Waals surface area contributed by atoms with Crippen LogP contribution in [0.1, 0.15) is 20.8 Å². The van der Waals surface area contributed by atoms with Gasteiger partial charge in [-0.15, -0.1) is 0 Å². The van der Waals surface area contributed by atoms with E-state index in [0.29, 0.717) is 10.3 Å². The number of hydrogen-bond donors (Lipinski definition) is 2. The van der Waals surface area contributed by atoms with Gasteiger partial charge in [-0.25, -0.2) is 4.79 Å². The van der Waals surface area contributed by atoms with E-state index in [4.69, 9.17) is 0 Å². The number of rotatable bonds is 4. The third-order valence-electron chi connectivity index (χ3n) is 2.72. The molecule has 0 spiro atoms. The quantitative estimate of drug-likeness (QED) is 0.355. The number of hydrogen-bond acceptors (Lipinski definition) is 5. The summed E-state index contributed by atoms with van der Waals surface area (Å²) in [5.74, 6) is -2.19. The fourth-order valence-corrected chi connectivity index (χ4v) is 1.62. The van der Waals surface area contributed by atoms with Crippen molar-refractivity contribution in [1.82, 2.24) is 10.9 Å². The number of esters is 1. The van der Waals surface area contributed by atoms with Crippen molar-refractivity contribution in [3.8, 4) is 0 Å². The normalized spacial score (nSPS) is 9.74. The van der Waals surface area contributed by atoms with Crippen LogP contribution in [0, 0.1) is 5.21 Å². The molecule has 0 fully saturated rings. The molecule has 1 heterocycles. The smallest absolute Gasteiger partial charge is 0.405 e. The summed E-state index contributed by atoms with van der Waals surface area (Å²) in [5, 5.41) is 11.3. The summed E-state index contributed by atoms with van der Waals surface area (Å²) in [5.41, 5.74) is 4.40. The number of nitrogens with zero attached hydrogens (tertiary/aromatic N) is 1. The van der Waals surface area contributed by atoms with Crippen LogP contribution in [0.25, 0.3) is 0 Å². The second-order valence-electron chi connectivity index (χ2n) is 4.36. The van der Waals surface area contributed by atoms with Crippen molar-refractivity contribution in [2.75, 3.05) is 6.61 Å². The fourth-order valence-electron chi connectivity index (χ4n) is 1.62.